The Labute approximate surface area is 234 Å². The number of hydrogen-bond donors (Lipinski definition) is 0. The van der Waals surface area contributed by atoms with Gasteiger partial charge in [-0.25, -0.2) is 0 Å². The average Bonchev–Trinajstić information content (AvgIpc) is 3.74. The molecule has 0 saturated heterocycles. The molecule has 4 heteroatoms. The van der Waals surface area contributed by atoms with Gasteiger partial charge in [-0.15, -0.1) is 45.3 Å². The molecule has 0 aliphatic heterocycles. The summed E-state index contributed by atoms with van der Waals surface area (Å²) in [7, 11) is 0. The molecular weight excluding hydrogens is 537 g/mol. The molecule has 4 aromatic heterocycles. The molecule has 4 heterocycles. The molecule has 0 N–H and O–H groups in total. The zero-order valence-electron chi connectivity index (χ0n) is 20.0. The van der Waals surface area contributed by atoms with Crippen LogP contribution in [0.5, 0.6) is 0 Å². The van der Waals surface area contributed by atoms with E-state index < -0.39 is 0 Å². The maximum absolute atomic E-state index is 2.37. The lowest BCUT2D eigenvalue weighted by Gasteiger charge is -2.07. The summed E-state index contributed by atoms with van der Waals surface area (Å²) in [6.45, 7) is 0. The monoisotopic (exact) mass is 554 g/mol. The van der Waals surface area contributed by atoms with Crippen LogP contribution >= 0.6 is 45.3 Å². The fraction of sp³-hybridized carbons (Fsp3) is 0. The van der Waals surface area contributed by atoms with Gasteiger partial charge in [0.05, 0.1) is 0 Å². The molecule has 178 valence electrons. The standard InChI is InChI=1S/C34H18S4/c1-3-21(33-17-27-25-9-11-35-29(25)5-7-31(27)37-33)15-23-14-20-2-4-22(16-24(20)13-19(1)23)34-18-28-26-10-12-36-30(26)6-8-32(28)38-34/h1-18H. The van der Waals surface area contributed by atoms with Crippen molar-refractivity contribution >= 4 is 107 Å². The Hall–Kier alpha value is -3.54. The van der Waals surface area contributed by atoms with Gasteiger partial charge < -0.3 is 0 Å². The zero-order chi connectivity index (χ0) is 24.8. The molecule has 9 rings (SSSR count). The smallest absolute Gasteiger partial charge is 0.0356 e. The molecule has 0 spiro atoms. The summed E-state index contributed by atoms with van der Waals surface area (Å²) in [6.07, 6.45) is 0. The summed E-state index contributed by atoms with van der Waals surface area (Å²) in [4.78, 5) is 2.67. The van der Waals surface area contributed by atoms with Gasteiger partial charge in [0.25, 0.3) is 0 Å². The third-order valence-corrected chi connectivity index (χ3v) is 11.7. The van der Waals surface area contributed by atoms with Gasteiger partial charge in [-0.2, -0.15) is 0 Å². The van der Waals surface area contributed by atoms with Crippen molar-refractivity contribution in [1.82, 2.24) is 0 Å². The molecule has 0 amide bonds. The van der Waals surface area contributed by atoms with Crippen LogP contribution in [0.15, 0.2) is 108 Å². The van der Waals surface area contributed by atoms with Crippen LogP contribution in [0, 0.1) is 0 Å². The fourth-order valence-corrected chi connectivity index (χ4v) is 9.47. The summed E-state index contributed by atoms with van der Waals surface area (Å²) < 4.78 is 5.44. The highest BCUT2D eigenvalue weighted by Crippen LogP contribution is 2.41. The van der Waals surface area contributed by atoms with E-state index >= 15 is 0 Å². The summed E-state index contributed by atoms with van der Waals surface area (Å²) in [5.74, 6) is 0. The largest absolute Gasteiger partial charge is 0.144 e. The summed E-state index contributed by atoms with van der Waals surface area (Å²) in [6, 6.07) is 36.9. The van der Waals surface area contributed by atoms with Gasteiger partial charge in [0.15, 0.2) is 0 Å². The number of hydrogen-bond acceptors (Lipinski definition) is 4. The van der Waals surface area contributed by atoms with E-state index in [-0.39, 0.29) is 0 Å². The van der Waals surface area contributed by atoms with Crippen molar-refractivity contribution in [2.75, 3.05) is 0 Å². The highest BCUT2D eigenvalue weighted by Gasteiger charge is 2.11. The summed E-state index contributed by atoms with van der Waals surface area (Å²) in [5.41, 5.74) is 2.59. The van der Waals surface area contributed by atoms with Gasteiger partial charge in [0, 0.05) is 50.1 Å². The lowest BCUT2D eigenvalue weighted by atomic mass is 9.99. The number of fused-ring (bicyclic) bond motifs is 8. The lowest BCUT2D eigenvalue weighted by molar-refractivity contribution is 1.75. The van der Waals surface area contributed by atoms with E-state index in [4.69, 9.17) is 0 Å². The minimum atomic E-state index is 1.29. The number of rotatable bonds is 2. The van der Waals surface area contributed by atoms with Crippen LogP contribution in [-0.2, 0) is 0 Å². The van der Waals surface area contributed by atoms with E-state index in [9.17, 15) is 0 Å². The Morgan fingerprint density at radius 2 is 0.816 bits per heavy atom. The molecule has 0 nitrogen and oxygen atoms in total. The van der Waals surface area contributed by atoms with E-state index in [0.29, 0.717) is 0 Å². The van der Waals surface area contributed by atoms with Crippen LogP contribution in [-0.4, -0.2) is 0 Å². The molecule has 0 aliphatic carbocycles. The first-order chi connectivity index (χ1) is 18.8. The second kappa shape index (κ2) is 7.98. The molecule has 0 radical (unpaired) electrons. The van der Waals surface area contributed by atoms with E-state index in [0.717, 1.165) is 0 Å². The predicted octanol–water partition coefficient (Wildman–Crippen LogP) is 12.2. The molecular formula is C34H18S4. The van der Waals surface area contributed by atoms with Crippen molar-refractivity contribution < 1.29 is 0 Å². The Morgan fingerprint density at radius 1 is 0.342 bits per heavy atom. The Kier molecular flexibility index (Phi) is 4.49. The maximum atomic E-state index is 2.37. The van der Waals surface area contributed by atoms with Gasteiger partial charge in [-0.05, 0) is 116 Å². The second-order valence-electron chi connectivity index (χ2n) is 9.82. The first kappa shape index (κ1) is 21.4. The van der Waals surface area contributed by atoms with Crippen LogP contribution < -0.4 is 0 Å². The first-order valence-corrected chi connectivity index (χ1v) is 15.9. The van der Waals surface area contributed by atoms with E-state index in [2.05, 4.69) is 108 Å². The summed E-state index contributed by atoms with van der Waals surface area (Å²) >= 11 is 7.41. The van der Waals surface area contributed by atoms with Crippen molar-refractivity contribution in [3.63, 3.8) is 0 Å². The Balaban J connectivity index is 1.15. The summed E-state index contributed by atoms with van der Waals surface area (Å²) in [5, 5.41) is 15.0. The molecule has 0 atom stereocenters. The van der Waals surface area contributed by atoms with Crippen LogP contribution in [0.2, 0.25) is 0 Å². The molecule has 0 unspecified atom stereocenters. The van der Waals surface area contributed by atoms with Crippen LogP contribution in [0.25, 0.3) is 82.8 Å². The van der Waals surface area contributed by atoms with Crippen LogP contribution in [0.1, 0.15) is 0 Å². The van der Waals surface area contributed by atoms with E-state index in [1.165, 1.54) is 82.8 Å². The third kappa shape index (κ3) is 3.18. The highest BCUT2D eigenvalue weighted by molar-refractivity contribution is 7.23. The average molecular weight is 555 g/mol. The molecule has 0 aliphatic rings. The minimum absolute atomic E-state index is 1.29. The predicted molar refractivity (Wildman–Crippen MR) is 174 cm³/mol. The third-order valence-electron chi connectivity index (χ3n) is 7.63. The minimum Gasteiger partial charge on any atom is -0.144 e. The Bertz CT molecular complexity index is 2190. The quantitative estimate of drug-likeness (QED) is 0.186. The molecule has 9 aromatic rings. The van der Waals surface area contributed by atoms with E-state index in [1.807, 2.05) is 45.3 Å². The molecule has 5 aromatic carbocycles. The van der Waals surface area contributed by atoms with Gasteiger partial charge in [0.1, 0.15) is 0 Å². The highest BCUT2D eigenvalue weighted by atomic mass is 32.1. The first-order valence-electron chi connectivity index (χ1n) is 12.5. The van der Waals surface area contributed by atoms with Gasteiger partial charge in [0.2, 0.25) is 0 Å². The Morgan fingerprint density at radius 3 is 1.32 bits per heavy atom. The normalized spacial score (nSPS) is 12.2. The molecule has 38 heavy (non-hydrogen) atoms. The lowest BCUT2D eigenvalue weighted by Crippen LogP contribution is -1.80. The topological polar surface area (TPSA) is 0 Å². The van der Waals surface area contributed by atoms with E-state index in [1.54, 1.807) is 0 Å². The fourth-order valence-electron chi connectivity index (χ4n) is 5.72. The van der Waals surface area contributed by atoms with Gasteiger partial charge >= 0.3 is 0 Å². The van der Waals surface area contributed by atoms with Gasteiger partial charge in [-0.3, -0.25) is 0 Å². The van der Waals surface area contributed by atoms with Gasteiger partial charge in [-0.1, -0.05) is 24.3 Å². The van der Waals surface area contributed by atoms with Crippen molar-refractivity contribution in [3.8, 4) is 20.9 Å². The van der Waals surface area contributed by atoms with Crippen LogP contribution in [0.4, 0.5) is 0 Å². The maximum Gasteiger partial charge on any atom is 0.0356 e. The molecule has 0 fully saturated rings. The SMILES string of the molecule is c1cc2c(ccc3sc(-c4ccc5cc6cc(-c7cc8c(ccc9sccc98)s7)ccc6cc5c4)cc32)s1. The second-order valence-corrected chi connectivity index (χ2v) is 13.9. The molecule has 0 bridgehead atoms. The van der Waals surface area contributed by atoms with Crippen LogP contribution in [0.3, 0.4) is 0 Å². The van der Waals surface area contributed by atoms with Crippen molar-refractivity contribution in [2.24, 2.45) is 0 Å². The van der Waals surface area contributed by atoms with Crippen molar-refractivity contribution in [3.05, 3.63) is 108 Å². The van der Waals surface area contributed by atoms with Crippen molar-refractivity contribution in [2.45, 2.75) is 0 Å². The van der Waals surface area contributed by atoms with Crippen molar-refractivity contribution in [1.29, 1.82) is 0 Å². The molecule has 0 saturated carbocycles. The zero-order valence-corrected chi connectivity index (χ0v) is 23.3. The number of thiophene rings is 4. The number of benzene rings is 5.